The maximum Gasteiger partial charge on any atom is 0.321 e. The van der Waals surface area contributed by atoms with Gasteiger partial charge in [-0.25, -0.2) is 4.79 Å². The molecule has 0 atom stereocenters. The van der Waals surface area contributed by atoms with E-state index >= 15 is 0 Å². The van der Waals surface area contributed by atoms with E-state index in [1.807, 2.05) is 73.3 Å². The molecule has 0 unspecified atom stereocenters. The van der Waals surface area contributed by atoms with Gasteiger partial charge in [-0.15, -0.1) is 0 Å². The fourth-order valence-corrected chi connectivity index (χ4v) is 2.52. The molecule has 6 nitrogen and oxygen atoms in total. The van der Waals surface area contributed by atoms with Crippen LogP contribution in [-0.4, -0.2) is 32.1 Å². The molecule has 0 fully saturated rings. The van der Waals surface area contributed by atoms with E-state index < -0.39 is 6.03 Å². The van der Waals surface area contributed by atoms with Gasteiger partial charge < -0.3 is 15.0 Å². The van der Waals surface area contributed by atoms with Crippen molar-refractivity contribution in [3.8, 4) is 5.75 Å². The Hall–Kier alpha value is -3.02. The molecule has 144 valence electrons. The highest BCUT2D eigenvalue weighted by Crippen LogP contribution is 2.21. The number of amides is 3. The standard InChI is InChI=1S/C21H27N3O3/c1-16(2)13-22-21(26)23-20(25)15-24(14-17-7-5-4-6-8-17)18-9-11-19(27-3)12-10-18/h4-12,16H,13-15H2,1-3H3,(H2,22,23,25,26). The lowest BCUT2D eigenvalue weighted by molar-refractivity contribution is -0.118. The van der Waals surface area contributed by atoms with Crippen LogP contribution in [-0.2, 0) is 11.3 Å². The molecular weight excluding hydrogens is 342 g/mol. The summed E-state index contributed by atoms with van der Waals surface area (Å²) in [4.78, 5) is 26.1. The van der Waals surface area contributed by atoms with Crippen molar-refractivity contribution in [1.29, 1.82) is 0 Å². The SMILES string of the molecule is COc1ccc(N(CC(=O)NC(=O)NCC(C)C)Cc2ccccc2)cc1. The van der Waals surface area contributed by atoms with Gasteiger partial charge in [0.05, 0.1) is 13.7 Å². The Morgan fingerprint density at radius 1 is 1.04 bits per heavy atom. The maximum absolute atomic E-state index is 12.4. The van der Waals surface area contributed by atoms with E-state index in [9.17, 15) is 9.59 Å². The highest BCUT2D eigenvalue weighted by molar-refractivity contribution is 5.96. The molecule has 3 amide bonds. The molecule has 0 saturated carbocycles. The zero-order valence-electron chi connectivity index (χ0n) is 16.1. The molecule has 2 aromatic rings. The smallest absolute Gasteiger partial charge is 0.321 e. The first kappa shape index (κ1) is 20.3. The lowest BCUT2D eigenvalue weighted by Crippen LogP contribution is -2.45. The number of carbonyl (C=O) groups is 2. The summed E-state index contributed by atoms with van der Waals surface area (Å²) in [6.45, 7) is 5.12. The zero-order chi connectivity index (χ0) is 19.6. The summed E-state index contributed by atoms with van der Waals surface area (Å²) in [5.41, 5.74) is 1.95. The van der Waals surface area contributed by atoms with Gasteiger partial charge in [-0.1, -0.05) is 44.2 Å². The Morgan fingerprint density at radius 2 is 1.70 bits per heavy atom. The first-order valence-electron chi connectivity index (χ1n) is 8.98. The molecule has 0 aliphatic carbocycles. The number of anilines is 1. The molecule has 2 aromatic carbocycles. The van der Waals surface area contributed by atoms with E-state index in [2.05, 4.69) is 10.6 Å². The zero-order valence-corrected chi connectivity index (χ0v) is 16.1. The average Bonchev–Trinajstić information content (AvgIpc) is 2.66. The van der Waals surface area contributed by atoms with Crippen LogP contribution in [0.4, 0.5) is 10.5 Å². The second-order valence-electron chi connectivity index (χ2n) is 6.69. The van der Waals surface area contributed by atoms with Gasteiger partial charge in [-0.2, -0.15) is 0 Å². The van der Waals surface area contributed by atoms with Crippen molar-refractivity contribution >= 4 is 17.6 Å². The summed E-state index contributed by atoms with van der Waals surface area (Å²) in [6, 6.07) is 16.9. The van der Waals surface area contributed by atoms with Gasteiger partial charge in [0.1, 0.15) is 5.75 Å². The van der Waals surface area contributed by atoms with E-state index in [1.165, 1.54) is 0 Å². The second-order valence-corrected chi connectivity index (χ2v) is 6.69. The van der Waals surface area contributed by atoms with E-state index in [4.69, 9.17) is 4.74 Å². The molecule has 0 aliphatic rings. The number of ether oxygens (including phenoxy) is 1. The molecule has 27 heavy (non-hydrogen) atoms. The lowest BCUT2D eigenvalue weighted by Gasteiger charge is -2.24. The predicted octanol–water partition coefficient (Wildman–Crippen LogP) is 3.18. The van der Waals surface area contributed by atoms with Gasteiger partial charge in [-0.3, -0.25) is 10.1 Å². The molecule has 0 saturated heterocycles. The molecular formula is C21H27N3O3. The third-order valence-electron chi connectivity index (χ3n) is 3.91. The summed E-state index contributed by atoms with van der Waals surface area (Å²) in [5.74, 6) is 0.707. The van der Waals surface area contributed by atoms with Gasteiger partial charge in [0.15, 0.2) is 0 Å². The van der Waals surface area contributed by atoms with Crippen LogP contribution in [0.2, 0.25) is 0 Å². The van der Waals surface area contributed by atoms with Gasteiger partial charge in [0.2, 0.25) is 5.91 Å². The summed E-state index contributed by atoms with van der Waals surface area (Å²) < 4.78 is 5.20. The molecule has 6 heteroatoms. The highest BCUT2D eigenvalue weighted by Gasteiger charge is 2.15. The Bertz CT molecular complexity index is 730. The van der Waals surface area contributed by atoms with Crippen LogP contribution in [0.5, 0.6) is 5.75 Å². The Kier molecular flexibility index (Phi) is 7.67. The van der Waals surface area contributed by atoms with Crippen molar-refractivity contribution in [2.45, 2.75) is 20.4 Å². The number of nitrogens with zero attached hydrogens (tertiary/aromatic N) is 1. The molecule has 0 heterocycles. The number of methoxy groups -OCH3 is 1. The number of benzene rings is 2. The van der Waals surface area contributed by atoms with E-state index in [-0.39, 0.29) is 12.5 Å². The van der Waals surface area contributed by atoms with Crippen LogP contribution >= 0.6 is 0 Å². The lowest BCUT2D eigenvalue weighted by atomic mass is 10.2. The molecule has 0 aliphatic heterocycles. The second kappa shape index (κ2) is 10.2. The number of urea groups is 1. The van der Waals surface area contributed by atoms with Crippen LogP contribution in [0.25, 0.3) is 0 Å². The van der Waals surface area contributed by atoms with Gasteiger partial charge >= 0.3 is 6.03 Å². The summed E-state index contributed by atoms with van der Waals surface area (Å²) >= 11 is 0. The number of hydrogen-bond acceptors (Lipinski definition) is 4. The van der Waals surface area contributed by atoms with Crippen molar-refractivity contribution in [1.82, 2.24) is 10.6 Å². The Balaban J connectivity index is 2.06. The van der Waals surface area contributed by atoms with Crippen LogP contribution in [0, 0.1) is 5.92 Å². The van der Waals surface area contributed by atoms with Crippen LogP contribution in [0.15, 0.2) is 54.6 Å². The number of rotatable bonds is 8. The maximum atomic E-state index is 12.4. The molecule has 2 N–H and O–H groups in total. The fraction of sp³-hybridized carbons (Fsp3) is 0.333. The highest BCUT2D eigenvalue weighted by atomic mass is 16.5. The topological polar surface area (TPSA) is 70.7 Å². The molecule has 0 bridgehead atoms. The van der Waals surface area contributed by atoms with Crippen molar-refractivity contribution in [2.75, 3.05) is 25.1 Å². The molecule has 0 aromatic heterocycles. The Labute approximate surface area is 160 Å². The number of nitrogens with one attached hydrogen (secondary N) is 2. The molecule has 2 rings (SSSR count). The van der Waals surface area contributed by atoms with Gasteiger partial charge in [0.25, 0.3) is 0 Å². The van der Waals surface area contributed by atoms with E-state index in [0.717, 1.165) is 17.0 Å². The minimum atomic E-state index is -0.469. The van der Waals surface area contributed by atoms with Crippen molar-refractivity contribution in [3.05, 3.63) is 60.2 Å². The number of imide groups is 1. The first-order chi connectivity index (χ1) is 13.0. The monoisotopic (exact) mass is 369 g/mol. The normalized spacial score (nSPS) is 10.4. The number of hydrogen-bond donors (Lipinski definition) is 2. The summed E-state index contributed by atoms with van der Waals surface area (Å²) in [6.07, 6.45) is 0. The first-order valence-corrected chi connectivity index (χ1v) is 8.98. The van der Waals surface area contributed by atoms with E-state index in [1.54, 1.807) is 7.11 Å². The quantitative estimate of drug-likeness (QED) is 0.750. The third kappa shape index (κ3) is 7.01. The van der Waals surface area contributed by atoms with Crippen LogP contribution in [0.1, 0.15) is 19.4 Å². The summed E-state index contributed by atoms with van der Waals surface area (Å²) in [7, 11) is 1.61. The average molecular weight is 369 g/mol. The van der Waals surface area contributed by atoms with Crippen LogP contribution < -0.4 is 20.3 Å². The third-order valence-corrected chi connectivity index (χ3v) is 3.91. The van der Waals surface area contributed by atoms with E-state index in [0.29, 0.717) is 19.0 Å². The molecule has 0 radical (unpaired) electrons. The van der Waals surface area contributed by atoms with Crippen LogP contribution in [0.3, 0.4) is 0 Å². The van der Waals surface area contributed by atoms with Crippen molar-refractivity contribution in [3.63, 3.8) is 0 Å². The fourth-order valence-electron chi connectivity index (χ4n) is 2.52. The predicted molar refractivity (Wildman–Crippen MR) is 107 cm³/mol. The summed E-state index contributed by atoms with van der Waals surface area (Å²) in [5, 5.41) is 5.07. The van der Waals surface area contributed by atoms with Crippen molar-refractivity contribution < 1.29 is 14.3 Å². The number of carbonyl (C=O) groups excluding carboxylic acids is 2. The van der Waals surface area contributed by atoms with Gasteiger partial charge in [0, 0.05) is 18.8 Å². The molecule has 0 spiro atoms. The minimum absolute atomic E-state index is 0.0658. The minimum Gasteiger partial charge on any atom is -0.497 e. The Morgan fingerprint density at radius 3 is 2.30 bits per heavy atom. The van der Waals surface area contributed by atoms with Crippen molar-refractivity contribution in [2.24, 2.45) is 5.92 Å². The largest absolute Gasteiger partial charge is 0.497 e. The van der Waals surface area contributed by atoms with Gasteiger partial charge in [-0.05, 0) is 35.7 Å².